The molecule has 8 heteroatoms. The number of aryl methyl sites for hydroxylation is 1. The molecule has 122 valence electrons. The summed E-state index contributed by atoms with van der Waals surface area (Å²) < 4.78 is 13.1. The van der Waals surface area contributed by atoms with Gasteiger partial charge in [-0.1, -0.05) is 34.5 Å². The first-order valence-corrected chi connectivity index (χ1v) is 8.54. The number of carbonyl (C=O) groups excluding carboxylic acids is 1. The molecule has 2 heterocycles. The smallest absolute Gasteiger partial charge is 0.279 e. The lowest BCUT2D eigenvalue weighted by atomic mass is 10.2. The van der Waals surface area contributed by atoms with E-state index in [0.717, 1.165) is 10.2 Å². The molecule has 0 atom stereocenters. The van der Waals surface area contributed by atoms with Crippen molar-refractivity contribution in [3.05, 3.63) is 50.7 Å². The van der Waals surface area contributed by atoms with Crippen molar-refractivity contribution in [3.63, 3.8) is 0 Å². The van der Waals surface area contributed by atoms with Crippen LogP contribution < -0.4 is 14.3 Å². The summed E-state index contributed by atoms with van der Waals surface area (Å²) in [6.45, 7) is 0.159. The van der Waals surface area contributed by atoms with Crippen LogP contribution in [0.3, 0.4) is 0 Å². The van der Waals surface area contributed by atoms with Crippen molar-refractivity contribution in [2.75, 3.05) is 6.79 Å². The summed E-state index contributed by atoms with van der Waals surface area (Å²) in [5, 5.41) is 1.14. The van der Waals surface area contributed by atoms with Crippen LogP contribution in [0.2, 0.25) is 10.0 Å². The lowest BCUT2D eigenvalue weighted by Crippen LogP contribution is -2.13. The van der Waals surface area contributed by atoms with Crippen LogP contribution in [0.4, 0.5) is 0 Å². The Morgan fingerprint density at radius 3 is 2.71 bits per heavy atom. The zero-order valence-electron chi connectivity index (χ0n) is 12.4. The van der Waals surface area contributed by atoms with Crippen molar-refractivity contribution < 1.29 is 14.3 Å². The van der Waals surface area contributed by atoms with Crippen LogP contribution >= 0.6 is 34.5 Å². The SMILES string of the molecule is Cn1c(=NC(=O)c2ccc3c(c2)OCO3)sc2c(Cl)ccc(Cl)c21. The molecule has 0 radical (unpaired) electrons. The zero-order chi connectivity index (χ0) is 16.8. The summed E-state index contributed by atoms with van der Waals surface area (Å²) >= 11 is 13.8. The van der Waals surface area contributed by atoms with E-state index in [0.29, 0.717) is 31.9 Å². The van der Waals surface area contributed by atoms with Crippen molar-refractivity contribution >= 4 is 50.7 Å². The normalized spacial score (nSPS) is 13.7. The van der Waals surface area contributed by atoms with E-state index < -0.39 is 0 Å². The number of halogens is 2. The number of fused-ring (bicyclic) bond motifs is 2. The van der Waals surface area contributed by atoms with Gasteiger partial charge >= 0.3 is 0 Å². The molecule has 0 saturated carbocycles. The van der Waals surface area contributed by atoms with Crippen LogP contribution in [0, 0.1) is 0 Å². The van der Waals surface area contributed by atoms with E-state index in [1.165, 1.54) is 11.3 Å². The summed E-state index contributed by atoms with van der Waals surface area (Å²) in [6, 6.07) is 8.44. The summed E-state index contributed by atoms with van der Waals surface area (Å²) in [6.07, 6.45) is 0. The summed E-state index contributed by atoms with van der Waals surface area (Å²) in [7, 11) is 1.80. The molecule has 0 N–H and O–H groups in total. The predicted octanol–water partition coefficient (Wildman–Crippen LogP) is 4.02. The first-order chi connectivity index (χ1) is 11.5. The van der Waals surface area contributed by atoms with Crippen LogP contribution in [-0.2, 0) is 7.05 Å². The largest absolute Gasteiger partial charge is 0.454 e. The van der Waals surface area contributed by atoms with Gasteiger partial charge in [-0.25, -0.2) is 0 Å². The van der Waals surface area contributed by atoms with Gasteiger partial charge in [0.25, 0.3) is 5.91 Å². The van der Waals surface area contributed by atoms with E-state index >= 15 is 0 Å². The summed E-state index contributed by atoms with van der Waals surface area (Å²) in [5.41, 5.74) is 1.18. The molecule has 4 rings (SSSR count). The van der Waals surface area contributed by atoms with Gasteiger partial charge in [0.15, 0.2) is 16.3 Å². The molecule has 1 amide bonds. The molecule has 1 aromatic heterocycles. The third-order valence-electron chi connectivity index (χ3n) is 3.67. The van der Waals surface area contributed by atoms with Gasteiger partial charge in [0.2, 0.25) is 6.79 Å². The highest BCUT2D eigenvalue weighted by molar-refractivity contribution is 7.17. The highest BCUT2D eigenvalue weighted by atomic mass is 35.5. The van der Waals surface area contributed by atoms with E-state index in [9.17, 15) is 4.79 Å². The fourth-order valence-corrected chi connectivity index (χ4v) is 4.12. The highest BCUT2D eigenvalue weighted by Gasteiger charge is 2.17. The number of hydrogen-bond donors (Lipinski definition) is 0. The fourth-order valence-electron chi connectivity index (χ4n) is 2.47. The first-order valence-electron chi connectivity index (χ1n) is 6.97. The third kappa shape index (κ3) is 2.47. The Labute approximate surface area is 150 Å². The fraction of sp³-hybridized carbons (Fsp3) is 0.125. The molecule has 3 aromatic rings. The van der Waals surface area contributed by atoms with Gasteiger partial charge in [-0.15, -0.1) is 0 Å². The maximum absolute atomic E-state index is 12.5. The van der Waals surface area contributed by atoms with Gasteiger partial charge in [-0.3, -0.25) is 4.79 Å². The summed E-state index contributed by atoms with van der Waals surface area (Å²) in [4.78, 5) is 17.2. The Bertz CT molecular complexity index is 1060. The van der Waals surface area contributed by atoms with Crippen LogP contribution in [0.1, 0.15) is 10.4 Å². The molecule has 0 spiro atoms. The van der Waals surface area contributed by atoms with E-state index in [2.05, 4.69) is 4.99 Å². The Hall–Kier alpha value is -2.02. The number of ether oxygens (including phenoxy) is 2. The van der Waals surface area contributed by atoms with Gasteiger partial charge in [-0.2, -0.15) is 4.99 Å². The van der Waals surface area contributed by atoms with Crippen molar-refractivity contribution in [1.82, 2.24) is 4.57 Å². The number of nitrogens with zero attached hydrogens (tertiary/aromatic N) is 2. The van der Waals surface area contributed by atoms with Crippen molar-refractivity contribution in [1.29, 1.82) is 0 Å². The number of thiazole rings is 1. The van der Waals surface area contributed by atoms with Gasteiger partial charge in [0, 0.05) is 12.6 Å². The molecule has 1 aliphatic heterocycles. The molecule has 5 nitrogen and oxygen atoms in total. The van der Waals surface area contributed by atoms with E-state index in [1.807, 2.05) is 0 Å². The Morgan fingerprint density at radius 2 is 1.92 bits per heavy atom. The molecular weight excluding hydrogens is 371 g/mol. The Kier molecular flexibility index (Phi) is 3.75. The number of amides is 1. The maximum Gasteiger partial charge on any atom is 0.279 e. The average Bonchev–Trinajstić information content (AvgIpc) is 3.16. The standard InChI is InChI=1S/C16H10Cl2N2O3S/c1-20-13-9(17)3-4-10(18)14(13)24-16(20)19-15(21)8-2-5-11-12(6-8)23-7-22-11/h2-6H,7H2,1H3. The monoisotopic (exact) mass is 380 g/mol. The maximum atomic E-state index is 12.5. The summed E-state index contributed by atoms with van der Waals surface area (Å²) in [5.74, 6) is 0.795. The van der Waals surface area contributed by atoms with Crippen LogP contribution in [0.25, 0.3) is 10.2 Å². The second-order valence-corrected chi connectivity index (χ2v) is 6.93. The molecule has 0 fully saturated rings. The van der Waals surface area contributed by atoms with E-state index in [1.54, 1.807) is 41.9 Å². The minimum absolute atomic E-state index is 0.159. The molecule has 2 aromatic carbocycles. The quantitative estimate of drug-likeness (QED) is 0.640. The Morgan fingerprint density at radius 1 is 1.17 bits per heavy atom. The molecule has 0 unspecified atom stereocenters. The first kappa shape index (κ1) is 15.5. The number of rotatable bonds is 1. The second-order valence-electron chi connectivity index (χ2n) is 5.14. The molecule has 0 aliphatic carbocycles. The number of benzene rings is 2. The molecule has 0 bridgehead atoms. The van der Waals surface area contributed by atoms with Crippen LogP contribution in [-0.4, -0.2) is 17.3 Å². The Balaban J connectivity index is 1.82. The number of carbonyl (C=O) groups is 1. The van der Waals surface area contributed by atoms with Crippen molar-refractivity contribution in [2.24, 2.45) is 12.0 Å². The molecule has 0 saturated heterocycles. The lowest BCUT2D eigenvalue weighted by Gasteiger charge is -2.00. The van der Waals surface area contributed by atoms with Crippen molar-refractivity contribution in [3.8, 4) is 11.5 Å². The average molecular weight is 381 g/mol. The van der Waals surface area contributed by atoms with E-state index in [4.69, 9.17) is 32.7 Å². The van der Waals surface area contributed by atoms with Gasteiger partial charge < -0.3 is 14.0 Å². The molecular formula is C16H10Cl2N2O3S. The van der Waals surface area contributed by atoms with Crippen LogP contribution in [0.5, 0.6) is 11.5 Å². The van der Waals surface area contributed by atoms with Crippen molar-refractivity contribution in [2.45, 2.75) is 0 Å². The van der Waals surface area contributed by atoms with Gasteiger partial charge in [0.1, 0.15) is 0 Å². The minimum Gasteiger partial charge on any atom is -0.454 e. The lowest BCUT2D eigenvalue weighted by molar-refractivity contribution is 0.0997. The molecule has 24 heavy (non-hydrogen) atoms. The van der Waals surface area contributed by atoms with Gasteiger partial charge in [-0.05, 0) is 30.3 Å². The minimum atomic E-state index is -0.372. The zero-order valence-corrected chi connectivity index (χ0v) is 14.7. The highest BCUT2D eigenvalue weighted by Crippen LogP contribution is 2.33. The number of aromatic nitrogens is 1. The molecule has 1 aliphatic rings. The second kappa shape index (κ2) is 5.81. The van der Waals surface area contributed by atoms with Crippen LogP contribution in [0.15, 0.2) is 35.3 Å². The van der Waals surface area contributed by atoms with E-state index in [-0.39, 0.29) is 12.7 Å². The third-order valence-corrected chi connectivity index (χ3v) is 5.56. The predicted molar refractivity (Wildman–Crippen MR) is 93.3 cm³/mol. The van der Waals surface area contributed by atoms with Gasteiger partial charge in [0.05, 0.1) is 20.3 Å². The number of hydrogen-bond acceptors (Lipinski definition) is 4. The topological polar surface area (TPSA) is 52.8 Å².